The Labute approximate surface area is 227 Å². The molecule has 194 valence electrons. The van der Waals surface area contributed by atoms with E-state index in [0.717, 1.165) is 27.3 Å². The molecule has 4 aromatic carbocycles. The minimum atomic E-state index is -0.492. The van der Waals surface area contributed by atoms with E-state index < -0.39 is 5.25 Å². The van der Waals surface area contributed by atoms with E-state index in [0.29, 0.717) is 22.7 Å². The summed E-state index contributed by atoms with van der Waals surface area (Å²) in [6.45, 7) is 4.02. The summed E-state index contributed by atoms with van der Waals surface area (Å²) in [5.41, 5.74) is 4.89. The lowest BCUT2D eigenvalue weighted by Crippen LogP contribution is -2.19. The van der Waals surface area contributed by atoms with Gasteiger partial charge in [-0.3, -0.25) is 9.59 Å². The van der Waals surface area contributed by atoms with Gasteiger partial charge < -0.3 is 20.1 Å². The lowest BCUT2D eigenvalue weighted by Gasteiger charge is -2.18. The van der Waals surface area contributed by atoms with Crippen molar-refractivity contribution in [1.82, 2.24) is 0 Å². The Morgan fingerprint density at radius 2 is 1.42 bits per heavy atom. The third kappa shape index (κ3) is 6.75. The van der Waals surface area contributed by atoms with Crippen molar-refractivity contribution in [3.8, 4) is 11.5 Å². The molecule has 0 heterocycles. The van der Waals surface area contributed by atoms with Gasteiger partial charge in [-0.2, -0.15) is 0 Å². The van der Waals surface area contributed by atoms with E-state index in [1.165, 1.54) is 18.9 Å². The molecule has 0 saturated heterocycles. The van der Waals surface area contributed by atoms with Gasteiger partial charge in [0.05, 0.1) is 14.2 Å². The fourth-order valence-corrected chi connectivity index (χ4v) is 5.20. The zero-order valence-electron chi connectivity index (χ0n) is 21.8. The number of amides is 2. The lowest BCUT2D eigenvalue weighted by molar-refractivity contribution is -0.115. The number of hydrogen-bond donors (Lipinski definition) is 2. The summed E-state index contributed by atoms with van der Waals surface area (Å²) in [6, 6.07) is 28.1. The Morgan fingerprint density at radius 1 is 0.711 bits per heavy atom. The van der Waals surface area contributed by atoms with Crippen LogP contribution in [0.5, 0.6) is 11.5 Å². The first kappa shape index (κ1) is 26.8. The zero-order chi connectivity index (χ0) is 27.1. The number of methoxy groups -OCH3 is 2. The van der Waals surface area contributed by atoms with Crippen molar-refractivity contribution in [2.75, 3.05) is 24.9 Å². The van der Waals surface area contributed by atoms with E-state index in [1.54, 1.807) is 25.3 Å². The first-order chi connectivity index (χ1) is 18.4. The standard InChI is InChI=1S/C31H30N2O4S/c1-20-15-21(2)17-25(16-20)33-31(35)29(22-9-6-5-7-10-22)38-26-12-8-11-24(19-26)32-30(34)23-13-14-27(36-3)28(18-23)37-4/h5-19,29H,1-4H3,(H,32,34)(H,33,35). The molecule has 0 aliphatic rings. The molecule has 4 aromatic rings. The molecule has 0 aliphatic carbocycles. The average Bonchev–Trinajstić information content (AvgIpc) is 2.91. The van der Waals surface area contributed by atoms with Gasteiger partial charge in [-0.1, -0.05) is 42.5 Å². The Kier molecular flexibility index (Phi) is 8.71. The van der Waals surface area contributed by atoms with Crippen molar-refractivity contribution in [2.24, 2.45) is 0 Å². The van der Waals surface area contributed by atoms with E-state index in [4.69, 9.17) is 9.47 Å². The van der Waals surface area contributed by atoms with E-state index in [-0.39, 0.29) is 11.8 Å². The van der Waals surface area contributed by atoms with Crippen LogP contribution in [0.3, 0.4) is 0 Å². The lowest BCUT2D eigenvalue weighted by atomic mass is 10.1. The monoisotopic (exact) mass is 526 g/mol. The van der Waals surface area contributed by atoms with Crippen molar-refractivity contribution in [3.63, 3.8) is 0 Å². The maximum atomic E-state index is 13.5. The first-order valence-corrected chi connectivity index (χ1v) is 13.0. The second-order valence-electron chi connectivity index (χ2n) is 8.83. The molecule has 0 radical (unpaired) electrons. The van der Waals surface area contributed by atoms with Gasteiger partial charge in [0.15, 0.2) is 11.5 Å². The van der Waals surface area contributed by atoms with Gasteiger partial charge in [-0.15, -0.1) is 11.8 Å². The maximum absolute atomic E-state index is 13.5. The van der Waals surface area contributed by atoms with Crippen LogP contribution in [0.4, 0.5) is 11.4 Å². The Balaban J connectivity index is 1.54. The van der Waals surface area contributed by atoms with E-state index in [9.17, 15) is 9.59 Å². The van der Waals surface area contributed by atoms with Crippen LogP contribution in [-0.4, -0.2) is 26.0 Å². The minimum Gasteiger partial charge on any atom is -0.493 e. The highest BCUT2D eigenvalue weighted by atomic mass is 32.2. The van der Waals surface area contributed by atoms with E-state index >= 15 is 0 Å². The molecular formula is C31H30N2O4S. The number of benzene rings is 4. The highest BCUT2D eigenvalue weighted by Gasteiger charge is 2.23. The molecule has 2 N–H and O–H groups in total. The van der Waals surface area contributed by atoms with Gasteiger partial charge in [0, 0.05) is 21.8 Å². The highest BCUT2D eigenvalue weighted by molar-refractivity contribution is 8.00. The minimum absolute atomic E-state index is 0.119. The molecule has 0 spiro atoms. The van der Waals surface area contributed by atoms with Crippen molar-refractivity contribution < 1.29 is 19.1 Å². The second kappa shape index (κ2) is 12.3. The van der Waals surface area contributed by atoms with Crippen molar-refractivity contribution in [3.05, 3.63) is 113 Å². The molecule has 38 heavy (non-hydrogen) atoms. The summed E-state index contributed by atoms with van der Waals surface area (Å²) < 4.78 is 10.6. The summed E-state index contributed by atoms with van der Waals surface area (Å²) in [5, 5.41) is 5.52. The van der Waals surface area contributed by atoms with E-state index in [2.05, 4.69) is 16.7 Å². The molecule has 7 heteroatoms. The highest BCUT2D eigenvalue weighted by Crippen LogP contribution is 2.37. The predicted molar refractivity (Wildman–Crippen MR) is 154 cm³/mol. The molecule has 4 rings (SSSR count). The number of aryl methyl sites for hydroxylation is 2. The molecule has 0 saturated carbocycles. The van der Waals surface area contributed by atoms with Crippen molar-refractivity contribution in [1.29, 1.82) is 0 Å². The Morgan fingerprint density at radius 3 is 2.11 bits per heavy atom. The smallest absolute Gasteiger partial charge is 0.255 e. The van der Waals surface area contributed by atoms with Crippen LogP contribution in [0.2, 0.25) is 0 Å². The van der Waals surface area contributed by atoms with Crippen LogP contribution in [0.1, 0.15) is 32.3 Å². The number of carbonyl (C=O) groups excluding carboxylic acids is 2. The van der Waals surface area contributed by atoms with Crippen molar-refractivity contribution >= 4 is 35.0 Å². The number of rotatable bonds is 9. The van der Waals surface area contributed by atoms with Gasteiger partial charge in [0.1, 0.15) is 5.25 Å². The molecule has 0 bridgehead atoms. The van der Waals surface area contributed by atoms with Gasteiger partial charge in [0.2, 0.25) is 5.91 Å². The summed E-state index contributed by atoms with van der Waals surface area (Å²) in [5.74, 6) is 0.629. The Hall–Kier alpha value is -4.23. The normalized spacial score (nSPS) is 11.4. The first-order valence-electron chi connectivity index (χ1n) is 12.1. The third-order valence-electron chi connectivity index (χ3n) is 5.82. The fraction of sp³-hybridized carbons (Fsp3) is 0.161. The summed E-state index contributed by atoms with van der Waals surface area (Å²) in [6.07, 6.45) is 0. The molecular weight excluding hydrogens is 496 g/mol. The zero-order valence-corrected chi connectivity index (χ0v) is 22.6. The summed E-state index contributed by atoms with van der Waals surface area (Å²) in [7, 11) is 3.07. The van der Waals surface area contributed by atoms with Crippen LogP contribution < -0.4 is 20.1 Å². The molecule has 1 atom stereocenters. The molecule has 2 amide bonds. The molecule has 0 aliphatic heterocycles. The molecule has 1 unspecified atom stereocenters. The number of hydrogen-bond acceptors (Lipinski definition) is 5. The van der Waals surface area contributed by atoms with Gasteiger partial charge in [0.25, 0.3) is 5.91 Å². The summed E-state index contributed by atoms with van der Waals surface area (Å²) in [4.78, 5) is 27.2. The summed E-state index contributed by atoms with van der Waals surface area (Å²) >= 11 is 1.43. The van der Waals surface area contributed by atoms with Crippen molar-refractivity contribution in [2.45, 2.75) is 24.0 Å². The molecule has 6 nitrogen and oxygen atoms in total. The van der Waals surface area contributed by atoms with Gasteiger partial charge in [-0.25, -0.2) is 0 Å². The quantitative estimate of drug-likeness (QED) is 0.229. The number of nitrogens with one attached hydrogen (secondary N) is 2. The maximum Gasteiger partial charge on any atom is 0.255 e. The van der Waals surface area contributed by atoms with Gasteiger partial charge in [-0.05, 0) is 79.1 Å². The van der Waals surface area contributed by atoms with Gasteiger partial charge >= 0.3 is 0 Å². The number of ether oxygens (including phenoxy) is 2. The Bertz CT molecular complexity index is 1420. The molecule has 0 aromatic heterocycles. The number of anilines is 2. The van der Waals surface area contributed by atoms with E-state index in [1.807, 2.05) is 80.6 Å². The van der Waals surface area contributed by atoms with Crippen LogP contribution in [0, 0.1) is 13.8 Å². The predicted octanol–water partition coefficient (Wildman–Crippen LogP) is 7.05. The molecule has 0 fully saturated rings. The number of carbonyl (C=O) groups is 2. The number of thioether (sulfide) groups is 1. The van der Waals surface area contributed by atoms with Crippen LogP contribution >= 0.6 is 11.8 Å². The third-order valence-corrected chi connectivity index (χ3v) is 7.07. The topological polar surface area (TPSA) is 76.7 Å². The largest absolute Gasteiger partial charge is 0.493 e. The van der Waals surface area contributed by atoms with Crippen LogP contribution in [0.15, 0.2) is 95.9 Å². The SMILES string of the molecule is COc1ccc(C(=O)Nc2cccc(SC(C(=O)Nc3cc(C)cc(C)c3)c3ccccc3)c2)cc1OC. The van der Waals surface area contributed by atoms with Crippen LogP contribution in [0.25, 0.3) is 0 Å². The second-order valence-corrected chi connectivity index (χ2v) is 10.0. The average molecular weight is 527 g/mol. The van der Waals surface area contributed by atoms with Crippen LogP contribution in [-0.2, 0) is 4.79 Å². The fourth-order valence-electron chi connectivity index (χ4n) is 4.12.